The van der Waals surface area contributed by atoms with E-state index in [0.29, 0.717) is 11.5 Å². The second kappa shape index (κ2) is 6.28. The van der Waals surface area contributed by atoms with Crippen LogP contribution in [0.15, 0.2) is 30.3 Å². The van der Waals surface area contributed by atoms with Crippen molar-refractivity contribution in [3.8, 4) is 0 Å². The molecule has 1 unspecified atom stereocenters. The van der Waals surface area contributed by atoms with Crippen LogP contribution in [0.3, 0.4) is 0 Å². The molecule has 1 aliphatic heterocycles. The molecule has 1 aliphatic carbocycles. The van der Waals surface area contributed by atoms with Gasteiger partial charge in [0.05, 0.1) is 0 Å². The standard InChI is InChI=1S/C18H28N2/c1-2-18(10-11-18)15-19-17-9-6-12-20(14-17)13-16-7-4-3-5-8-16/h3-5,7-8,17,19H,2,6,9-15H2,1H3. The average molecular weight is 272 g/mol. The van der Waals surface area contributed by atoms with E-state index in [1.807, 2.05) is 0 Å². The highest BCUT2D eigenvalue weighted by Crippen LogP contribution is 2.47. The molecule has 20 heavy (non-hydrogen) atoms. The van der Waals surface area contributed by atoms with E-state index >= 15 is 0 Å². The van der Waals surface area contributed by atoms with Crippen molar-refractivity contribution in [3.05, 3.63) is 35.9 Å². The number of likely N-dealkylation sites (tertiary alicyclic amines) is 1. The van der Waals surface area contributed by atoms with Crippen molar-refractivity contribution in [2.45, 2.75) is 51.6 Å². The topological polar surface area (TPSA) is 15.3 Å². The Kier molecular flexibility index (Phi) is 4.42. The van der Waals surface area contributed by atoms with Gasteiger partial charge in [-0.2, -0.15) is 0 Å². The molecular weight excluding hydrogens is 244 g/mol. The lowest BCUT2D eigenvalue weighted by molar-refractivity contribution is 0.178. The minimum Gasteiger partial charge on any atom is -0.312 e. The number of nitrogens with zero attached hydrogens (tertiary/aromatic N) is 1. The molecule has 3 rings (SSSR count). The second-order valence-electron chi connectivity index (χ2n) is 6.79. The molecule has 2 nitrogen and oxygen atoms in total. The third kappa shape index (κ3) is 3.62. The van der Waals surface area contributed by atoms with Crippen molar-refractivity contribution in [3.63, 3.8) is 0 Å². The van der Waals surface area contributed by atoms with Crippen molar-refractivity contribution in [1.29, 1.82) is 0 Å². The van der Waals surface area contributed by atoms with Crippen LogP contribution in [0.25, 0.3) is 0 Å². The second-order valence-corrected chi connectivity index (χ2v) is 6.79. The maximum atomic E-state index is 3.85. The molecule has 2 fully saturated rings. The Hall–Kier alpha value is -0.860. The molecule has 1 aromatic rings. The minimum atomic E-state index is 0.668. The van der Waals surface area contributed by atoms with E-state index in [1.165, 1.54) is 57.3 Å². The van der Waals surface area contributed by atoms with Crippen LogP contribution < -0.4 is 5.32 Å². The third-order valence-corrected chi connectivity index (χ3v) is 5.23. The summed E-state index contributed by atoms with van der Waals surface area (Å²) in [6, 6.07) is 11.6. The van der Waals surface area contributed by atoms with E-state index in [-0.39, 0.29) is 0 Å². The summed E-state index contributed by atoms with van der Waals surface area (Å²) in [6.07, 6.45) is 6.92. The fourth-order valence-corrected chi connectivity index (χ4v) is 3.40. The molecule has 1 saturated carbocycles. The largest absolute Gasteiger partial charge is 0.312 e. The van der Waals surface area contributed by atoms with Gasteiger partial charge in [-0.1, -0.05) is 37.3 Å². The fourth-order valence-electron chi connectivity index (χ4n) is 3.40. The number of rotatable bonds is 6. The molecule has 1 saturated heterocycles. The fraction of sp³-hybridized carbons (Fsp3) is 0.667. The quantitative estimate of drug-likeness (QED) is 0.853. The van der Waals surface area contributed by atoms with E-state index in [2.05, 4.69) is 47.5 Å². The van der Waals surface area contributed by atoms with Crippen molar-refractivity contribution < 1.29 is 0 Å². The highest BCUT2D eigenvalue weighted by atomic mass is 15.2. The number of hydrogen-bond donors (Lipinski definition) is 1. The Labute approximate surface area is 123 Å². The van der Waals surface area contributed by atoms with Crippen LogP contribution in [-0.4, -0.2) is 30.6 Å². The molecule has 2 heteroatoms. The summed E-state index contributed by atoms with van der Waals surface area (Å²) in [6.45, 7) is 7.17. The molecule has 0 spiro atoms. The van der Waals surface area contributed by atoms with Gasteiger partial charge in [-0.15, -0.1) is 0 Å². The summed E-state index contributed by atoms with van der Waals surface area (Å²) in [7, 11) is 0. The summed E-state index contributed by atoms with van der Waals surface area (Å²) in [4.78, 5) is 2.61. The van der Waals surface area contributed by atoms with Gasteiger partial charge in [0.25, 0.3) is 0 Å². The first-order chi connectivity index (χ1) is 9.80. The normalized spacial score (nSPS) is 25.6. The predicted octanol–water partition coefficient (Wildman–Crippen LogP) is 3.43. The van der Waals surface area contributed by atoms with E-state index in [9.17, 15) is 0 Å². The van der Waals surface area contributed by atoms with Crippen LogP contribution in [0, 0.1) is 5.41 Å². The smallest absolute Gasteiger partial charge is 0.0234 e. The molecule has 1 N–H and O–H groups in total. The first kappa shape index (κ1) is 14.1. The SMILES string of the molecule is CCC1(CNC2CCCN(Cc3ccccc3)C2)CC1. The van der Waals surface area contributed by atoms with Gasteiger partial charge in [0.1, 0.15) is 0 Å². The number of piperidine rings is 1. The Morgan fingerprint density at radius 2 is 2.05 bits per heavy atom. The van der Waals surface area contributed by atoms with E-state index in [4.69, 9.17) is 0 Å². The van der Waals surface area contributed by atoms with Gasteiger partial charge >= 0.3 is 0 Å². The molecule has 0 radical (unpaired) electrons. The monoisotopic (exact) mass is 272 g/mol. The number of hydrogen-bond acceptors (Lipinski definition) is 2. The number of benzene rings is 1. The Morgan fingerprint density at radius 1 is 1.25 bits per heavy atom. The Balaban J connectivity index is 1.46. The molecule has 1 aromatic carbocycles. The highest BCUT2D eigenvalue weighted by molar-refractivity contribution is 5.14. The molecule has 0 bridgehead atoms. The van der Waals surface area contributed by atoms with Gasteiger partial charge in [0.15, 0.2) is 0 Å². The Bertz CT molecular complexity index is 411. The summed E-state index contributed by atoms with van der Waals surface area (Å²) in [5, 5.41) is 3.85. The van der Waals surface area contributed by atoms with Gasteiger partial charge in [0, 0.05) is 25.7 Å². The number of nitrogens with one attached hydrogen (secondary N) is 1. The lowest BCUT2D eigenvalue weighted by atomic mass is 10.0. The van der Waals surface area contributed by atoms with E-state index < -0.39 is 0 Å². The zero-order chi connectivity index (χ0) is 13.8. The van der Waals surface area contributed by atoms with Gasteiger partial charge < -0.3 is 5.32 Å². The average Bonchev–Trinajstić information content (AvgIpc) is 3.27. The highest BCUT2D eigenvalue weighted by Gasteiger charge is 2.40. The van der Waals surface area contributed by atoms with Crippen LogP contribution in [0.1, 0.15) is 44.6 Å². The van der Waals surface area contributed by atoms with Gasteiger partial charge in [-0.25, -0.2) is 0 Å². The third-order valence-electron chi connectivity index (χ3n) is 5.23. The molecule has 0 amide bonds. The van der Waals surface area contributed by atoms with Crippen LogP contribution in [0.5, 0.6) is 0 Å². The van der Waals surface area contributed by atoms with Crippen LogP contribution in [0.4, 0.5) is 0 Å². The first-order valence-electron chi connectivity index (χ1n) is 8.29. The summed E-state index contributed by atoms with van der Waals surface area (Å²) >= 11 is 0. The van der Waals surface area contributed by atoms with Crippen LogP contribution in [-0.2, 0) is 6.54 Å². The maximum absolute atomic E-state index is 3.85. The van der Waals surface area contributed by atoms with Crippen LogP contribution in [0.2, 0.25) is 0 Å². The van der Waals surface area contributed by atoms with Crippen molar-refractivity contribution >= 4 is 0 Å². The zero-order valence-electron chi connectivity index (χ0n) is 12.8. The Morgan fingerprint density at radius 3 is 2.75 bits per heavy atom. The molecule has 1 atom stereocenters. The molecule has 0 aromatic heterocycles. The summed E-state index contributed by atoms with van der Waals surface area (Å²) in [5.41, 5.74) is 2.11. The minimum absolute atomic E-state index is 0.668. The maximum Gasteiger partial charge on any atom is 0.0234 e. The van der Waals surface area contributed by atoms with Gasteiger partial charge in [0.2, 0.25) is 0 Å². The van der Waals surface area contributed by atoms with Gasteiger partial charge in [-0.05, 0) is 49.6 Å². The van der Waals surface area contributed by atoms with Gasteiger partial charge in [-0.3, -0.25) is 4.90 Å². The van der Waals surface area contributed by atoms with Crippen molar-refractivity contribution in [1.82, 2.24) is 10.2 Å². The predicted molar refractivity (Wildman–Crippen MR) is 84.7 cm³/mol. The van der Waals surface area contributed by atoms with Crippen molar-refractivity contribution in [2.24, 2.45) is 5.41 Å². The van der Waals surface area contributed by atoms with E-state index in [1.54, 1.807) is 0 Å². The lowest BCUT2D eigenvalue weighted by Crippen LogP contribution is -2.46. The lowest BCUT2D eigenvalue weighted by Gasteiger charge is -2.34. The first-order valence-corrected chi connectivity index (χ1v) is 8.29. The molecule has 110 valence electrons. The molecule has 2 aliphatic rings. The summed E-state index contributed by atoms with van der Waals surface area (Å²) < 4.78 is 0. The van der Waals surface area contributed by atoms with Crippen molar-refractivity contribution in [2.75, 3.05) is 19.6 Å². The van der Waals surface area contributed by atoms with Crippen LogP contribution >= 0.6 is 0 Å². The van der Waals surface area contributed by atoms with E-state index in [0.717, 1.165) is 6.54 Å². The molecular formula is C18H28N2. The molecule has 1 heterocycles. The summed E-state index contributed by atoms with van der Waals surface area (Å²) in [5.74, 6) is 0. The zero-order valence-corrected chi connectivity index (χ0v) is 12.8.